The Morgan fingerprint density at radius 1 is 1.18 bits per heavy atom. The van der Waals surface area contributed by atoms with Crippen molar-refractivity contribution in [3.63, 3.8) is 0 Å². The number of Topliss-reactive ketones (excluding diaryl/α,β-unsaturated/α-hetero) is 2. The zero-order chi connectivity index (χ0) is 25.4. The Hall–Kier alpha value is -1.84. The molecular weight excluding hydrogens is 506 g/mol. The lowest BCUT2D eigenvalue weighted by Gasteiger charge is -2.27. The molecule has 2 aliphatic rings. The van der Waals surface area contributed by atoms with Gasteiger partial charge in [-0.1, -0.05) is 0 Å². The van der Waals surface area contributed by atoms with Gasteiger partial charge in [0.15, 0.2) is 6.29 Å². The number of carbonyl (C=O) groups excluding carboxylic acids is 2. The van der Waals surface area contributed by atoms with E-state index in [1.807, 2.05) is 0 Å². The van der Waals surface area contributed by atoms with Gasteiger partial charge in [-0.05, 0) is 13.8 Å². The van der Waals surface area contributed by atoms with E-state index in [9.17, 15) is 43.2 Å². The van der Waals surface area contributed by atoms with E-state index in [0.717, 1.165) is 4.57 Å². The van der Waals surface area contributed by atoms with Crippen molar-refractivity contribution in [1.29, 1.82) is 0 Å². The van der Waals surface area contributed by atoms with E-state index in [2.05, 4.69) is 18.3 Å². The van der Waals surface area contributed by atoms with E-state index in [-0.39, 0.29) is 12.0 Å². The molecule has 34 heavy (non-hydrogen) atoms. The Kier molecular flexibility index (Phi) is 7.89. The van der Waals surface area contributed by atoms with Crippen LogP contribution in [0.3, 0.4) is 0 Å². The lowest BCUT2D eigenvalue weighted by Crippen LogP contribution is -2.41. The minimum atomic E-state index is -5.32. The minimum Gasteiger partial charge on any atom is -0.390 e. The SMILES string of the molecule is Cc1cn([C@H]2C[C@H](O)[C@@H](COP(=O)(O)OP(=O)(O)OC3CC(=O)C(=O)[C@@H](C)O3)O2)c(=O)[nH]c1=O. The molecule has 18 heteroatoms. The number of ketones is 2. The number of ether oxygens (including phenoxy) is 2. The summed E-state index contributed by atoms with van der Waals surface area (Å²) < 4.78 is 48.9. The van der Waals surface area contributed by atoms with Gasteiger partial charge in [-0.2, -0.15) is 4.31 Å². The number of aliphatic hydroxyl groups is 1. The monoisotopic (exact) mass is 528 g/mol. The van der Waals surface area contributed by atoms with E-state index < -0.39 is 82.3 Å². The summed E-state index contributed by atoms with van der Waals surface area (Å²) in [6.07, 6.45) is -6.13. The predicted molar refractivity (Wildman–Crippen MR) is 107 cm³/mol. The summed E-state index contributed by atoms with van der Waals surface area (Å²) >= 11 is 0. The van der Waals surface area contributed by atoms with Crippen molar-refractivity contribution in [2.75, 3.05) is 6.61 Å². The fraction of sp³-hybridized carbons (Fsp3) is 0.625. The van der Waals surface area contributed by atoms with E-state index in [1.165, 1.54) is 20.0 Å². The number of aliphatic hydroxyl groups excluding tert-OH is 1. The van der Waals surface area contributed by atoms with Gasteiger partial charge < -0.3 is 24.4 Å². The van der Waals surface area contributed by atoms with Crippen LogP contribution < -0.4 is 11.2 Å². The molecule has 3 unspecified atom stereocenters. The number of aryl methyl sites for hydroxylation is 1. The van der Waals surface area contributed by atoms with Gasteiger partial charge in [0.2, 0.25) is 11.6 Å². The second-order valence-corrected chi connectivity index (χ2v) is 10.5. The Bertz CT molecular complexity index is 1180. The van der Waals surface area contributed by atoms with Gasteiger partial charge in [-0.25, -0.2) is 13.9 Å². The number of phosphoric acid groups is 2. The molecular formula is C16H22N2O14P2. The zero-order valence-electron chi connectivity index (χ0n) is 17.8. The Balaban J connectivity index is 1.57. The number of aromatic nitrogens is 2. The van der Waals surface area contributed by atoms with Gasteiger partial charge in [-0.15, -0.1) is 0 Å². The highest BCUT2D eigenvalue weighted by Crippen LogP contribution is 2.61. The molecule has 7 atom stereocenters. The van der Waals surface area contributed by atoms with Gasteiger partial charge in [0.05, 0.1) is 19.1 Å². The molecule has 0 aliphatic carbocycles. The molecule has 2 saturated heterocycles. The summed E-state index contributed by atoms with van der Waals surface area (Å²) in [4.78, 5) is 68.0. The highest BCUT2D eigenvalue weighted by Gasteiger charge is 2.43. The largest absolute Gasteiger partial charge is 0.483 e. The molecule has 1 aromatic heterocycles. The lowest BCUT2D eigenvalue weighted by molar-refractivity contribution is -0.174. The van der Waals surface area contributed by atoms with Gasteiger partial charge in [0.25, 0.3) is 5.56 Å². The van der Waals surface area contributed by atoms with E-state index >= 15 is 0 Å². The fourth-order valence-electron chi connectivity index (χ4n) is 3.20. The second kappa shape index (κ2) is 10.0. The highest BCUT2D eigenvalue weighted by atomic mass is 31.3. The molecule has 0 spiro atoms. The maximum atomic E-state index is 12.1. The number of nitrogens with zero attached hydrogens (tertiary/aromatic N) is 1. The summed E-state index contributed by atoms with van der Waals surface area (Å²) in [7, 11) is -10.6. The van der Waals surface area contributed by atoms with Crippen LogP contribution in [0, 0.1) is 6.92 Å². The first-order valence-corrected chi connectivity index (χ1v) is 12.7. The molecule has 0 bridgehead atoms. The summed E-state index contributed by atoms with van der Waals surface area (Å²) in [5.41, 5.74) is -1.20. The first-order chi connectivity index (χ1) is 15.7. The molecule has 3 heterocycles. The molecule has 0 amide bonds. The van der Waals surface area contributed by atoms with Crippen LogP contribution in [0.2, 0.25) is 0 Å². The lowest BCUT2D eigenvalue weighted by atomic mass is 10.1. The van der Waals surface area contributed by atoms with Crippen LogP contribution >= 0.6 is 15.6 Å². The molecule has 4 N–H and O–H groups in total. The molecule has 0 saturated carbocycles. The van der Waals surface area contributed by atoms with Crippen LogP contribution in [0.5, 0.6) is 0 Å². The van der Waals surface area contributed by atoms with Crippen molar-refractivity contribution in [3.8, 4) is 0 Å². The average Bonchev–Trinajstić information content (AvgIpc) is 3.06. The second-order valence-electron chi connectivity index (χ2n) is 7.53. The number of rotatable bonds is 8. The average molecular weight is 528 g/mol. The number of H-pyrrole nitrogens is 1. The molecule has 16 nitrogen and oxygen atoms in total. The van der Waals surface area contributed by atoms with Crippen LogP contribution in [-0.2, 0) is 41.6 Å². The molecule has 0 aromatic carbocycles. The smallest absolute Gasteiger partial charge is 0.390 e. The number of nitrogens with one attached hydrogen (secondary N) is 1. The molecule has 3 rings (SSSR count). The first kappa shape index (κ1) is 26.8. The van der Waals surface area contributed by atoms with Crippen molar-refractivity contribution in [3.05, 3.63) is 32.6 Å². The Morgan fingerprint density at radius 3 is 2.50 bits per heavy atom. The third kappa shape index (κ3) is 6.43. The van der Waals surface area contributed by atoms with E-state index in [1.54, 1.807) is 0 Å². The standard InChI is InChI=1S/C16H22N2O14P2/c1-7-5-18(16(23)17-15(7)22)12-3-9(19)11(30-12)6-28-33(24,25)32-34(26,27)31-13-4-10(20)14(21)8(2)29-13/h5,8-9,11-13,19H,3-4,6H2,1-2H3,(H,24,25)(H,26,27)(H,17,22,23)/t8-,9+,11-,12-,13?/m1/s1. The summed E-state index contributed by atoms with van der Waals surface area (Å²) in [6.45, 7) is 1.86. The molecule has 2 aliphatic heterocycles. The van der Waals surface area contributed by atoms with Crippen molar-refractivity contribution >= 4 is 27.2 Å². The van der Waals surface area contributed by atoms with Crippen LogP contribution in [-0.4, -0.2) is 67.2 Å². The van der Waals surface area contributed by atoms with Gasteiger partial charge in [-0.3, -0.25) is 33.0 Å². The number of aromatic amines is 1. The minimum absolute atomic E-state index is 0.137. The van der Waals surface area contributed by atoms with Gasteiger partial charge in [0, 0.05) is 18.2 Å². The number of phosphoric ester groups is 2. The fourth-order valence-corrected chi connectivity index (χ4v) is 5.35. The Labute approximate surface area is 190 Å². The maximum Gasteiger partial charge on any atom is 0.483 e. The van der Waals surface area contributed by atoms with Crippen molar-refractivity contribution in [2.45, 2.75) is 57.5 Å². The van der Waals surface area contributed by atoms with E-state index in [0.29, 0.717) is 0 Å². The van der Waals surface area contributed by atoms with Gasteiger partial charge in [0.1, 0.15) is 18.4 Å². The summed E-state index contributed by atoms with van der Waals surface area (Å²) in [5.74, 6) is -1.79. The third-order valence-electron chi connectivity index (χ3n) is 4.87. The molecule has 2 fully saturated rings. The van der Waals surface area contributed by atoms with Crippen LogP contribution in [0.15, 0.2) is 15.8 Å². The van der Waals surface area contributed by atoms with Crippen LogP contribution in [0.25, 0.3) is 0 Å². The van der Waals surface area contributed by atoms with Crippen molar-refractivity contribution in [1.82, 2.24) is 9.55 Å². The normalized spacial score (nSPS) is 31.3. The molecule has 0 radical (unpaired) electrons. The summed E-state index contributed by atoms with van der Waals surface area (Å²) in [6, 6.07) is 0. The van der Waals surface area contributed by atoms with Crippen LogP contribution in [0.4, 0.5) is 0 Å². The highest BCUT2D eigenvalue weighted by molar-refractivity contribution is 7.61. The molecule has 190 valence electrons. The maximum absolute atomic E-state index is 12.1. The van der Waals surface area contributed by atoms with Crippen LogP contribution in [0.1, 0.15) is 31.6 Å². The zero-order valence-corrected chi connectivity index (χ0v) is 19.5. The van der Waals surface area contributed by atoms with Crippen molar-refractivity contribution < 1.29 is 56.4 Å². The van der Waals surface area contributed by atoms with E-state index in [4.69, 9.17) is 9.47 Å². The summed E-state index contributed by atoms with van der Waals surface area (Å²) in [5, 5.41) is 10.1. The number of hydrogen-bond acceptors (Lipinski definition) is 12. The first-order valence-electron chi connectivity index (χ1n) is 9.75. The third-order valence-corrected chi connectivity index (χ3v) is 7.50. The topological polar surface area (TPSA) is 230 Å². The number of hydrogen-bond donors (Lipinski definition) is 4. The molecule has 1 aromatic rings. The Morgan fingerprint density at radius 2 is 1.85 bits per heavy atom. The quantitative estimate of drug-likeness (QED) is 0.235. The predicted octanol–water partition coefficient (Wildman–Crippen LogP) is -0.983. The van der Waals surface area contributed by atoms with Crippen molar-refractivity contribution in [2.24, 2.45) is 0 Å². The van der Waals surface area contributed by atoms with Gasteiger partial charge >= 0.3 is 21.3 Å². The number of carbonyl (C=O) groups is 2.